The first-order valence-corrected chi connectivity index (χ1v) is 9.51. The van der Waals surface area contributed by atoms with Gasteiger partial charge >= 0.3 is 5.97 Å². The number of ketones is 1. The summed E-state index contributed by atoms with van der Waals surface area (Å²) in [5.41, 5.74) is 1.30. The van der Waals surface area contributed by atoms with Gasteiger partial charge in [0.25, 0.3) is 0 Å². The molecule has 29 heavy (non-hydrogen) atoms. The Bertz CT molecular complexity index is 1220. The second kappa shape index (κ2) is 7.89. The molecule has 0 aliphatic rings. The van der Waals surface area contributed by atoms with Crippen molar-refractivity contribution in [2.75, 3.05) is 6.61 Å². The Morgan fingerprint density at radius 3 is 2.55 bits per heavy atom. The number of fused-ring (bicyclic) bond motifs is 1. The zero-order chi connectivity index (χ0) is 20.4. The number of aromatic nitrogens is 2. The van der Waals surface area contributed by atoms with Crippen molar-refractivity contribution in [1.29, 1.82) is 0 Å². The highest BCUT2D eigenvalue weighted by molar-refractivity contribution is 6.30. The maximum Gasteiger partial charge on any atom is 0.359 e. The minimum Gasteiger partial charge on any atom is -0.461 e. The molecule has 0 radical (unpaired) electrons. The Kier molecular flexibility index (Phi) is 5.14. The van der Waals surface area contributed by atoms with Gasteiger partial charge in [-0.05, 0) is 35.9 Å². The number of carbonyl (C=O) groups excluding carboxylic acids is 2. The van der Waals surface area contributed by atoms with Gasteiger partial charge in [0, 0.05) is 16.8 Å². The monoisotopic (exact) mass is 404 g/mol. The Balaban J connectivity index is 1.87. The van der Waals surface area contributed by atoms with Crippen LogP contribution < -0.4 is 0 Å². The van der Waals surface area contributed by atoms with Crippen LogP contribution in [0.2, 0.25) is 5.02 Å². The highest BCUT2D eigenvalue weighted by atomic mass is 35.5. The molecule has 0 saturated heterocycles. The first-order valence-electron chi connectivity index (χ1n) is 9.13. The molecule has 1 heterocycles. The summed E-state index contributed by atoms with van der Waals surface area (Å²) in [7, 11) is 0. The second-order valence-electron chi connectivity index (χ2n) is 6.39. The summed E-state index contributed by atoms with van der Waals surface area (Å²) in [4.78, 5) is 25.9. The standard InChI is InChI=1S/C23H17ClN2O3/c1-2-29-23(28)21-20(14-26(25-21)17-10-6-9-16(24)13-17)22(27)19-12-5-8-15-7-3-4-11-18(15)19/h3-14H,2H2,1H3. The lowest BCUT2D eigenvalue weighted by molar-refractivity contribution is 0.0516. The zero-order valence-electron chi connectivity index (χ0n) is 15.6. The molecule has 0 fully saturated rings. The molecule has 144 valence electrons. The van der Waals surface area contributed by atoms with Crippen LogP contribution in [0.3, 0.4) is 0 Å². The van der Waals surface area contributed by atoms with E-state index in [4.69, 9.17) is 16.3 Å². The van der Waals surface area contributed by atoms with Crippen molar-refractivity contribution >= 4 is 34.1 Å². The van der Waals surface area contributed by atoms with Gasteiger partial charge in [-0.1, -0.05) is 60.1 Å². The maximum absolute atomic E-state index is 13.4. The Labute approximate surface area is 172 Å². The Morgan fingerprint density at radius 2 is 1.76 bits per heavy atom. The third-order valence-corrected chi connectivity index (χ3v) is 4.77. The van der Waals surface area contributed by atoms with Gasteiger partial charge in [-0.15, -0.1) is 0 Å². The minimum atomic E-state index is -0.642. The third-order valence-electron chi connectivity index (χ3n) is 4.53. The van der Waals surface area contributed by atoms with Crippen LogP contribution in [0, 0.1) is 0 Å². The largest absolute Gasteiger partial charge is 0.461 e. The van der Waals surface area contributed by atoms with E-state index in [1.54, 1.807) is 43.5 Å². The molecule has 0 saturated carbocycles. The predicted molar refractivity (Wildman–Crippen MR) is 112 cm³/mol. The molecule has 0 spiro atoms. The molecular weight excluding hydrogens is 388 g/mol. The van der Waals surface area contributed by atoms with E-state index in [1.807, 2.05) is 36.4 Å². The lowest BCUT2D eigenvalue weighted by Gasteiger charge is -2.06. The summed E-state index contributed by atoms with van der Waals surface area (Å²) in [5.74, 6) is -0.935. The van der Waals surface area contributed by atoms with Gasteiger partial charge in [0.2, 0.25) is 0 Å². The normalized spacial score (nSPS) is 10.8. The molecule has 4 rings (SSSR count). The van der Waals surface area contributed by atoms with E-state index in [2.05, 4.69) is 5.10 Å². The fourth-order valence-corrected chi connectivity index (χ4v) is 3.39. The molecule has 5 nitrogen and oxygen atoms in total. The summed E-state index contributed by atoms with van der Waals surface area (Å²) < 4.78 is 6.59. The first kappa shape index (κ1) is 18.9. The molecule has 0 N–H and O–H groups in total. The number of ether oxygens (including phenoxy) is 1. The molecular formula is C23H17ClN2O3. The van der Waals surface area contributed by atoms with Crippen LogP contribution in [0.5, 0.6) is 0 Å². The fraction of sp³-hybridized carbons (Fsp3) is 0.0870. The number of nitrogens with zero attached hydrogens (tertiary/aromatic N) is 2. The van der Waals surface area contributed by atoms with Crippen molar-refractivity contribution in [1.82, 2.24) is 9.78 Å². The van der Waals surface area contributed by atoms with E-state index in [9.17, 15) is 9.59 Å². The SMILES string of the molecule is CCOC(=O)c1nn(-c2cccc(Cl)c2)cc1C(=O)c1cccc2ccccc12. The predicted octanol–water partition coefficient (Wildman–Crippen LogP) is 5.09. The molecule has 0 aliphatic carbocycles. The quantitative estimate of drug-likeness (QED) is 0.343. The van der Waals surface area contributed by atoms with Gasteiger partial charge in [0.15, 0.2) is 11.5 Å². The topological polar surface area (TPSA) is 61.2 Å². The highest BCUT2D eigenvalue weighted by Gasteiger charge is 2.25. The number of rotatable bonds is 5. The van der Waals surface area contributed by atoms with Crippen molar-refractivity contribution < 1.29 is 14.3 Å². The van der Waals surface area contributed by atoms with Gasteiger partial charge in [0.05, 0.1) is 17.9 Å². The van der Waals surface area contributed by atoms with Crippen LogP contribution in [0.15, 0.2) is 72.9 Å². The number of halogens is 1. The van der Waals surface area contributed by atoms with Gasteiger partial charge in [0.1, 0.15) is 0 Å². The third kappa shape index (κ3) is 3.65. The minimum absolute atomic E-state index is 0.0234. The van der Waals surface area contributed by atoms with Gasteiger partial charge in [-0.2, -0.15) is 5.10 Å². The summed E-state index contributed by atoms with van der Waals surface area (Å²) in [5, 5.41) is 6.61. The number of hydrogen-bond acceptors (Lipinski definition) is 4. The molecule has 0 bridgehead atoms. The fourth-order valence-electron chi connectivity index (χ4n) is 3.21. The lowest BCUT2D eigenvalue weighted by Crippen LogP contribution is -2.12. The summed E-state index contributed by atoms with van der Waals surface area (Å²) in [6.07, 6.45) is 1.54. The van der Waals surface area contributed by atoms with Crippen LogP contribution in [0.25, 0.3) is 16.5 Å². The van der Waals surface area contributed by atoms with Crippen molar-refractivity contribution in [2.45, 2.75) is 6.92 Å². The molecule has 3 aromatic carbocycles. The summed E-state index contributed by atoms with van der Waals surface area (Å²) in [6.45, 7) is 1.89. The molecule has 4 aromatic rings. The Morgan fingerprint density at radius 1 is 1.00 bits per heavy atom. The van der Waals surface area contributed by atoms with E-state index in [-0.39, 0.29) is 23.6 Å². The number of benzene rings is 3. The summed E-state index contributed by atoms with van der Waals surface area (Å²) in [6, 6.07) is 20.1. The Hall–Kier alpha value is -3.44. The molecule has 0 atom stereocenters. The average molecular weight is 405 g/mol. The first-order chi connectivity index (χ1) is 14.1. The molecule has 0 aliphatic heterocycles. The van der Waals surface area contributed by atoms with E-state index >= 15 is 0 Å². The van der Waals surface area contributed by atoms with Crippen molar-refractivity contribution in [2.24, 2.45) is 0 Å². The molecule has 6 heteroatoms. The molecule has 0 amide bonds. The summed E-state index contributed by atoms with van der Waals surface area (Å²) >= 11 is 6.08. The number of esters is 1. The number of hydrogen-bond donors (Lipinski definition) is 0. The maximum atomic E-state index is 13.4. The van der Waals surface area contributed by atoms with Gasteiger partial charge in [-0.3, -0.25) is 4.79 Å². The van der Waals surface area contributed by atoms with Gasteiger partial charge in [-0.25, -0.2) is 9.48 Å². The molecule has 1 aromatic heterocycles. The zero-order valence-corrected chi connectivity index (χ0v) is 16.4. The lowest BCUT2D eigenvalue weighted by atomic mass is 9.97. The van der Waals surface area contributed by atoms with E-state index in [1.165, 1.54) is 4.68 Å². The van der Waals surface area contributed by atoms with Crippen molar-refractivity contribution in [3.05, 3.63) is 94.8 Å². The van der Waals surface area contributed by atoms with Crippen LogP contribution >= 0.6 is 11.6 Å². The van der Waals surface area contributed by atoms with E-state index < -0.39 is 5.97 Å². The highest BCUT2D eigenvalue weighted by Crippen LogP contribution is 2.24. The van der Waals surface area contributed by atoms with E-state index in [0.29, 0.717) is 16.3 Å². The van der Waals surface area contributed by atoms with Crippen LogP contribution in [0.1, 0.15) is 33.3 Å². The average Bonchev–Trinajstić information content (AvgIpc) is 3.19. The van der Waals surface area contributed by atoms with Crippen LogP contribution in [-0.2, 0) is 4.74 Å². The molecule has 0 unspecified atom stereocenters. The van der Waals surface area contributed by atoms with Crippen molar-refractivity contribution in [3.8, 4) is 5.69 Å². The van der Waals surface area contributed by atoms with Crippen LogP contribution in [-0.4, -0.2) is 28.1 Å². The smallest absolute Gasteiger partial charge is 0.359 e. The van der Waals surface area contributed by atoms with Gasteiger partial charge < -0.3 is 4.74 Å². The second-order valence-corrected chi connectivity index (χ2v) is 6.83. The van der Waals surface area contributed by atoms with Crippen LogP contribution in [0.4, 0.5) is 0 Å². The number of carbonyl (C=O) groups is 2. The van der Waals surface area contributed by atoms with Crippen molar-refractivity contribution in [3.63, 3.8) is 0 Å². The van der Waals surface area contributed by atoms with E-state index in [0.717, 1.165) is 10.8 Å².